The lowest BCUT2D eigenvalue weighted by atomic mass is 10.1. The molecule has 0 aromatic carbocycles. The molecular formula is C13H23NO2S. The third-order valence-corrected chi connectivity index (χ3v) is 3.91. The highest BCUT2D eigenvalue weighted by atomic mass is 32.1. The lowest BCUT2D eigenvalue weighted by molar-refractivity contribution is -0.120. The Balaban J connectivity index is 2.65. The van der Waals surface area contributed by atoms with E-state index >= 15 is 0 Å². The Morgan fingerprint density at radius 3 is 2.18 bits per heavy atom. The van der Waals surface area contributed by atoms with Gasteiger partial charge in [-0.15, -0.1) is 11.3 Å². The van der Waals surface area contributed by atoms with Gasteiger partial charge in [-0.2, -0.15) is 0 Å². The van der Waals surface area contributed by atoms with Crippen molar-refractivity contribution in [2.24, 2.45) is 0 Å². The molecule has 0 saturated heterocycles. The van der Waals surface area contributed by atoms with Crippen molar-refractivity contribution in [3.8, 4) is 0 Å². The second kappa shape index (κ2) is 6.50. The van der Waals surface area contributed by atoms with E-state index in [2.05, 4.69) is 39.1 Å². The van der Waals surface area contributed by atoms with Crippen molar-refractivity contribution in [1.82, 2.24) is 5.32 Å². The van der Waals surface area contributed by atoms with Gasteiger partial charge in [0.15, 0.2) is 6.29 Å². The van der Waals surface area contributed by atoms with Crippen LogP contribution in [-0.4, -0.2) is 26.6 Å². The predicted octanol–water partition coefficient (Wildman–Crippen LogP) is 3.02. The SMILES string of the molecule is COC(OC)C(C)NC(C)c1cc(C)sc1C. The standard InChI is InChI=1S/C13H23NO2S/c1-8-7-12(11(4)17-8)9(2)14-10(3)13(15-5)16-6/h7,9-10,13-14H,1-6H3. The number of hydrogen-bond acceptors (Lipinski definition) is 4. The molecule has 1 heterocycles. The third kappa shape index (κ3) is 3.78. The summed E-state index contributed by atoms with van der Waals surface area (Å²) in [6.07, 6.45) is -0.211. The topological polar surface area (TPSA) is 30.5 Å². The number of nitrogens with one attached hydrogen (secondary N) is 1. The summed E-state index contributed by atoms with van der Waals surface area (Å²) >= 11 is 1.84. The molecule has 17 heavy (non-hydrogen) atoms. The minimum absolute atomic E-state index is 0.152. The molecule has 98 valence electrons. The highest BCUT2D eigenvalue weighted by molar-refractivity contribution is 7.12. The van der Waals surface area contributed by atoms with Gasteiger partial charge in [-0.1, -0.05) is 0 Å². The lowest BCUT2D eigenvalue weighted by Crippen LogP contribution is -2.40. The monoisotopic (exact) mass is 257 g/mol. The summed E-state index contributed by atoms with van der Waals surface area (Å²) in [5.74, 6) is 0. The molecule has 3 nitrogen and oxygen atoms in total. The quantitative estimate of drug-likeness (QED) is 0.795. The van der Waals surface area contributed by atoms with E-state index in [0.29, 0.717) is 6.04 Å². The van der Waals surface area contributed by atoms with Gasteiger partial charge in [0, 0.05) is 30.0 Å². The first-order valence-corrected chi connectivity index (χ1v) is 6.69. The number of aryl methyl sites for hydroxylation is 2. The molecule has 1 N–H and O–H groups in total. The average Bonchev–Trinajstić information content (AvgIpc) is 2.59. The Morgan fingerprint density at radius 1 is 1.18 bits per heavy atom. The van der Waals surface area contributed by atoms with Gasteiger partial charge >= 0.3 is 0 Å². The van der Waals surface area contributed by atoms with Crippen LogP contribution in [0.15, 0.2) is 6.07 Å². The fourth-order valence-corrected chi connectivity index (χ4v) is 3.17. The van der Waals surface area contributed by atoms with Crippen LogP contribution in [0.25, 0.3) is 0 Å². The maximum absolute atomic E-state index is 5.25. The van der Waals surface area contributed by atoms with Crippen molar-refractivity contribution >= 4 is 11.3 Å². The van der Waals surface area contributed by atoms with Crippen molar-refractivity contribution in [3.05, 3.63) is 21.4 Å². The lowest BCUT2D eigenvalue weighted by Gasteiger charge is -2.25. The van der Waals surface area contributed by atoms with Crippen molar-refractivity contribution < 1.29 is 9.47 Å². The molecule has 4 heteroatoms. The van der Waals surface area contributed by atoms with Gasteiger partial charge in [-0.25, -0.2) is 0 Å². The molecule has 0 amide bonds. The summed E-state index contributed by atoms with van der Waals surface area (Å²) in [6.45, 7) is 8.56. The molecule has 0 aliphatic rings. The smallest absolute Gasteiger partial charge is 0.171 e. The van der Waals surface area contributed by atoms with Crippen molar-refractivity contribution in [2.45, 2.75) is 46.1 Å². The van der Waals surface area contributed by atoms with Crippen LogP contribution in [0, 0.1) is 13.8 Å². The van der Waals surface area contributed by atoms with Crippen LogP contribution in [0.5, 0.6) is 0 Å². The summed E-state index contributed by atoms with van der Waals surface area (Å²) in [4.78, 5) is 2.73. The van der Waals surface area contributed by atoms with Crippen LogP contribution >= 0.6 is 11.3 Å². The molecule has 0 aliphatic heterocycles. The van der Waals surface area contributed by atoms with E-state index < -0.39 is 0 Å². The van der Waals surface area contributed by atoms with Gasteiger partial charge in [-0.3, -0.25) is 0 Å². The van der Waals surface area contributed by atoms with Gasteiger partial charge in [0.05, 0.1) is 6.04 Å². The van der Waals surface area contributed by atoms with E-state index in [1.165, 1.54) is 15.3 Å². The second-order valence-corrected chi connectivity index (χ2v) is 5.85. The highest BCUT2D eigenvalue weighted by Crippen LogP contribution is 2.26. The summed E-state index contributed by atoms with van der Waals surface area (Å²) in [5, 5.41) is 3.51. The predicted molar refractivity (Wildman–Crippen MR) is 72.6 cm³/mol. The molecule has 1 aromatic heterocycles. The zero-order valence-electron chi connectivity index (χ0n) is 11.5. The van der Waals surface area contributed by atoms with Crippen molar-refractivity contribution in [1.29, 1.82) is 0 Å². The zero-order valence-corrected chi connectivity index (χ0v) is 12.4. The maximum Gasteiger partial charge on any atom is 0.171 e. The number of rotatable bonds is 6. The minimum atomic E-state index is -0.211. The largest absolute Gasteiger partial charge is 0.354 e. The molecule has 0 bridgehead atoms. The van der Waals surface area contributed by atoms with Crippen molar-refractivity contribution in [3.63, 3.8) is 0 Å². The van der Waals surface area contributed by atoms with Gasteiger partial charge in [0.1, 0.15) is 0 Å². The average molecular weight is 257 g/mol. The van der Waals surface area contributed by atoms with Crippen LogP contribution in [0.2, 0.25) is 0 Å². The molecule has 1 rings (SSSR count). The van der Waals surface area contributed by atoms with Gasteiger partial charge in [-0.05, 0) is 39.3 Å². The van der Waals surface area contributed by atoms with Crippen LogP contribution in [0.1, 0.15) is 35.2 Å². The molecule has 0 spiro atoms. The summed E-state index contributed by atoms with van der Waals surface area (Å²) < 4.78 is 10.5. The fourth-order valence-electron chi connectivity index (χ4n) is 2.15. The highest BCUT2D eigenvalue weighted by Gasteiger charge is 2.19. The van der Waals surface area contributed by atoms with Crippen LogP contribution in [0.4, 0.5) is 0 Å². The molecule has 0 saturated carbocycles. The summed E-state index contributed by atoms with van der Waals surface area (Å²) in [6, 6.07) is 2.71. The van der Waals surface area contributed by atoms with E-state index in [0.717, 1.165) is 0 Å². The van der Waals surface area contributed by atoms with Gasteiger partial charge in [0.25, 0.3) is 0 Å². The van der Waals surface area contributed by atoms with E-state index in [1.807, 2.05) is 11.3 Å². The first-order chi connectivity index (χ1) is 7.99. The minimum Gasteiger partial charge on any atom is -0.354 e. The Hall–Kier alpha value is -0.420. The van der Waals surface area contributed by atoms with Gasteiger partial charge < -0.3 is 14.8 Å². The van der Waals surface area contributed by atoms with Crippen LogP contribution in [0.3, 0.4) is 0 Å². The molecule has 0 aliphatic carbocycles. The normalized spacial score (nSPS) is 15.2. The molecular weight excluding hydrogens is 234 g/mol. The summed E-state index contributed by atoms with van der Waals surface area (Å²) in [7, 11) is 3.33. The Kier molecular flexibility index (Phi) is 5.59. The third-order valence-electron chi connectivity index (χ3n) is 2.93. The first-order valence-electron chi connectivity index (χ1n) is 5.88. The van der Waals surface area contributed by atoms with Gasteiger partial charge in [0.2, 0.25) is 0 Å². The Bertz CT molecular complexity index is 347. The number of ether oxygens (including phenoxy) is 2. The van der Waals surface area contributed by atoms with E-state index in [1.54, 1.807) is 14.2 Å². The number of hydrogen-bond donors (Lipinski definition) is 1. The maximum atomic E-state index is 5.25. The Morgan fingerprint density at radius 2 is 1.76 bits per heavy atom. The fraction of sp³-hybridized carbons (Fsp3) is 0.692. The second-order valence-electron chi connectivity index (χ2n) is 4.39. The molecule has 2 atom stereocenters. The molecule has 0 radical (unpaired) electrons. The van der Waals surface area contributed by atoms with Crippen LogP contribution in [-0.2, 0) is 9.47 Å². The molecule has 1 aromatic rings. The molecule has 0 fully saturated rings. The van der Waals surface area contributed by atoms with Crippen LogP contribution < -0.4 is 5.32 Å². The number of thiophene rings is 1. The summed E-state index contributed by atoms with van der Waals surface area (Å²) in [5.41, 5.74) is 1.37. The van der Waals surface area contributed by atoms with E-state index in [-0.39, 0.29) is 12.3 Å². The van der Waals surface area contributed by atoms with Crippen molar-refractivity contribution in [2.75, 3.05) is 14.2 Å². The van der Waals surface area contributed by atoms with E-state index in [4.69, 9.17) is 9.47 Å². The van der Waals surface area contributed by atoms with E-state index in [9.17, 15) is 0 Å². The zero-order chi connectivity index (χ0) is 13.0. The Labute approximate surface area is 108 Å². The first kappa shape index (κ1) is 14.6. The number of methoxy groups -OCH3 is 2. The molecule has 2 unspecified atom stereocenters.